The number of aromatic carboxylic acids is 1. The van der Waals surface area contributed by atoms with E-state index >= 15 is 0 Å². The molecule has 8 nitrogen and oxygen atoms in total. The van der Waals surface area contributed by atoms with Crippen LogP contribution in [0.25, 0.3) is 16.4 Å². The minimum Gasteiger partial charge on any atom is -0.476 e. The second-order valence-corrected chi connectivity index (χ2v) is 14.0. The Morgan fingerprint density at radius 2 is 1.98 bits per heavy atom. The standard InChI is InChI=1S/C32H29F2N3O5S2/c1-44(40,41)29-12-9-20(15-26(29)34)14-24-28(16-19-7-8-19)37(32-35-27(18-43-32)31(38)39)36-30(24)22-10-11-25(33)21(17-22)4-2-5-23-6-3-13-42-23/h9-12,15,17-19,23H,3,5-8,13-14,16H2,1H3,(H,38,39). The van der Waals surface area contributed by atoms with Gasteiger partial charge in [-0.05, 0) is 73.9 Å². The van der Waals surface area contributed by atoms with E-state index in [2.05, 4.69) is 16.8 Å². The molecule has 1 saturated heterocycles. The van der Waals surface area contributed by atoms with E-state index in [-0.39, 0.29) is 28.7 Å². The van der Waals surface area contributed by atoms with Crippen molar-refractivity contribution in [2.75, 3.05) is 12.9 Å². The second-order valence-electron chi connectivity index (χ2n) is 11.2. The number of carboxylic acids is 1. The highest BCUT2D eigenvalue weighted by Crippen LogP contribution is 2.38. The van der Waals surface area contributed by atoms with Crippen LogP contribution in [0.2, 0.25) is 0 Å². The van der Waals surface area contributed by atoms with Gasteiger partial charge in [-0.3, -0.25) is 0 Å². The smallest absolute Gasteiger partial charge is 0.355 e. The van der Waals surface area contributed by atoms with E-state index in [4.69, 9.17) is 9.84 Å². The summed E-state index contributed by atoms with van der Waals surface area (Å²) in [6.07, 6.45) is 6.29. The second kappa shape index (κ2) is 12.2. The first-order valence-electron chi connectivity index (χ1n) is 14.3. The Morgan fingerprint density at radius 1 is 1.16 bits per heavy atom. The maximum Gasteiger partial charge on any atom is 0.355 e. The van der Waals surface area contributed by atoms with Gasteiger partial charge in [-0.15, -0.1) is 11.3 Å². The van der Waals surface area contributed by atoms with Gasteiger partial charge in [0.15, 0.2) is 15.5 Å². The summed E-state index contributed by atoms with van der Waals surface area (Å²) in [5, 5.41) is 16.2. The van der Waals surface area contributed by atoms with Gasteiger partial charge in [0.05, 0.1) is 23.1 Å². The first-order chi connectivity index (χ1) is 21.1. The fourth-order valence-corrected chi connectivity index (χ4v) is 6.82. The minimum atomic E-state index is -3.75. The Balaban J connectivity index is 1.47. The van der Waals surface area contributed by atoms with E-state index in [1.807, 2.05) is 0 Å². The molecule has 2 aromatic heterocycles. The fourth-order valence-electron chi connectivity index (χ4n) is 5.32. The number of halogens is 2. The molecule has 12 heteroatoms. The maximum absolute atomic E-state index is 14.9. The molecule has 44 heavy (non-hydrogen) atoms. The Hall–Kier alpha value is -3.92. The zero-order chi connectivity index (χ0) is 31.0. The molecule has 228 valence electrons. The monoisotopic (exact) mass is 637 g/mol. The number of ether oxygens (including phenoxy) is 1. The van der Waals surface area contributed by atoms with Crippen LogP contribution in [0.5, 0.6) is 0 Å². The molecule has 4 aromatic rings. The Kier molecular flexibility index (Phi) is 8.37. The molecule has 1 aliphatic heterocycles. The highest BCUT2D eigenvalue weighted by Gasteiger charge is 2.30. The molecule has 1 unspecified atom stereocenters. The Labute approximate surface area is 257 Å². The number of hydrogen-bond donors (Lipinski definition) is 1. The topological polar surface area (TPSA) is 111 Å². The van der Waals surface area contributed by atoms with Crippen LogP contribution >= 0.6 is 11.3 Å². The molecule has 0 radical (unpaired) electrons. The maximum atomic E-state index is 14.9. The lowest BCUT2D eigenvalue weighted by molar-refractivity contribution is 0.0691. The molecule has 1 aliphatic carbocycles. The average Bonchev–Trinajstić information content (AvgIpc) is 3.32. The molecule has 1 N–H and O–H groups in total. The third-order valence-electron chi connectivity index (χ3n) is 7.75. The number of rotatable bonds is 9. The number of carbonyl (C=O) groups is 1. The Morgan fingerprint density at radius 3 is 2.64 bits per heavy atom. The predicted octanol–water partition coefficient (Wildman–Crippen LogP) is 5.84. The fraction of sp³-hybridized carbons (Fsp3) is 0.344. The molecule has 2 aliphatic rings. The van der Waals surface area contributed by atoms with Gasteiger partial charge in [-0.2, -0.15) is 5.10 Å². The molecule has 0 spiro atoms. The number of thiazole rings is 1. The van der Waals surface area contributed by atoms with Gasteiger partial charge in [-0.25, -0.2) is 31.7 Å². The van der Waals surface area contributed by atoms with Crippen LogP contribution < -0.4 is 0 Å². The van der Waals surface area contributed by atoms with Gasteiger partial charge in [0, 0.05) is 42.2 Å². The highest BCUT2D eigenvalue weighted by molar-refractivity contribution is 7.90. The highest BCUT2D eigenvalue weighted by atomic mass is 32.2. The summed E-state index contributed by atoms with van der Waals surface area (Å²) in [7, 11) is -3.75. The molecule has 1 saturated carbocycles. The van der Waals surface area contributed by atoms with Crippen LogP contribution in [0.3, 0.4) is 0 Å². The van der Waals surface area contributed by atoms with Crippen molar-refractivity contribution in [3.8, 4) is 28.2 Å². The number of hydrogen-bond acceptors (Lipinski definition) is 7. The van der Waals surface area contributed by atoms with Crippen molar-refractivity contribution >= 4 is 27.1 Å². The first kappa shape index (κ1) is 30.1. The van der Waals surface area contributed by atoms with Crippen molar-refractivity contribution in [3.05, 3.63) is 81.5 Å². The molecule has 0 bridgehead atoms. The van der Waals surface area contributed by atoms with Crippen LogP contribution in [0.1, 0.15) is 65.0 Å². The average molecular weight is 638 g/mol. The van der Waals surface area contributed by atoms with Crippen LogP contribution in [0.4, 0.5) is 8.78 Å². The third-order valence-corrected chi connectivity index (χ3v) is 9.70. The molecule has 2 fully saturated rings. The zero-order valence-corrected chi connectivity index (χ0v) is 25.5. The van der Waals surface area contributed by atoms with E-state index in [1.54, 1.807) is 22.9 Å². The number of carboxylic acid groups (broad SMARTS) is 1. The molecule has 3 heterocycles. The third kappa shape index (κ3) is 6.60. The number of sulfone groups is 1. The van der Waals surface area contributed by atoms with Gasteiger partial charge in [-0.1, -0.05) is 17.9 Å². The SMILES string of the molecule is CS(=O)(=O)c1ccc(Cc2c(-c3ccc(F)c(C#CCC4CCCO4)c3)nn(-c3nc(C(=O)O)cs3)c2CC2CC2)cc1F. The first-order valence-corrected chi connectivity index (χ1v) is 17.0. The van der Waals surface area contributed by atoms with Crippen LogP contribution in [0, 0.1) is 29.4 Å². The summed E-state index contributed by atoms with van der Waals surface area (Å²) in [6, 6.07) is 8.60. The van der Waals surface area contributed by atoms with Crippen LogP contribution in [-0.4, -0.2) is 53.2 Å². The minimum absolute atomic E-state index is 0.0458. The largest absolute Gasteiger partial charge is 0.476 e. The van der Waals surface area contributed by atoms with Crippen LogP contribution in [0.15, 0.2) is 46.7 Å². The lowest BCUT2D eigenvalue weighted by atomic mass is 9.96. The van der Waals surface area contributed by atoms with Crippen molar-refractivity contribution in [2.45, 2.75) is 55.9 Å². The summed E-state index contributed by atoms with van der Waals surface area (Å²) in [5.74, 6) is 3.89. The zero-order valence-electron chi connectivity index (χ0n) is 23.8. The normalized spacial score (nSPS) is 16.6. The van der Waals surface area contributed by atoms with E-state index in [0.29, 0.717) is 47.3 Å². The summed E-state index contributed by atoms with van der Waals surface area (Å²) >= 11 is 1.14. The van der Waals surface area contributed by atoms with Crippen molar-refractivity contribution in [2.24, 2.45) is 5.92 Å². The summed E-state index contributed by atoms with van der Waals surface area (Å²) < 4.78 is 61.1. The van der Waals surface area contributed by atoms with Crippen LogP contribution in [-0.2, 0) is 27.4 Å². The number of aromatic nitrogens is 3. The van der Waals surface area contributed by atoms with E-state index in [0.717, 1.165) is 54.5 Å². The van der Waals surface area contributed by atoms with Crippen molar-refractivity contribution < 1.29 is 31.8 Å². The van der Waals surface area contributed by atoms with Gasteiger partial charge in [0.1, 0.15) is 16.5 Å². The molecule has 1 atom stereocenters. The van der Waals surface area contributed by atoms with Gasteiger partial charge in [0.2, 0.25) is 5.13 Å². The summed E-state index contributed by atoms with van der Waals surface area (Å²) in [4.78, 5) is 15.5. The van der Waals surface area contributed by atoms with Gasteiger partial charge in [0.25, 0.3) is 0 Å². The van der Waals surface area contributed by atoms with E-state index < -0.39 is 27.4 Å². The quantitative estimate of drug-likeness (QED) is 0.230. The lowest BCUT2D eigenvalue weighted by Gasteiger charge is -2.10. The van der Waals surface area contributed by atoms with Crippen molar-refractivity contribution in [1.82, 2.24) is 14.8 Å². The van der Waals surface area contributed by atoms with E-state index in [1.165, 1.54) is 23.6 Å². The Bertz CT molecular complexity index is 1910. The predicted molar refractivity (Wildman–Crippen MR) is 161 cm³/mol. The molecule has 6 rings (SSSR count). The van der Waals surface area contributed by atoms with Gasteiger partial charge >= 0.3 is 5.97 Å². The molecular formula is C32H29F2N3O5S2. The van der Waals surface area contributed by atoms with E-state index in [9.17, 15) is 27.1 Å². The summed E-state index contributed by atoms with van der Waals surface area (Å²) in [6.45, 7) is 0.707. The molecule has 2 aromatic carbocycles. The number of nitrogens with zero attached hydrogens (tertiary/aromatic N) is 3. The number of benzene rings is 2. The molecular weight excluding hydrogens is 608 g/mol. The lowest BCUT2D eigenvalue weighted by Crippen LogP contribution is -2.06. The van der Waals surface area contributed by atoms with Gasteiger partial charge < -0.3 is 9.84 Å². The summed E-state index contributed by atoms with van der Waals surface area (Å²) in [5.41, 5.74) is 3.24. The van der Waals surface area contributed by atoms with Crippen molar-refractivity contribution in [3.63, 3.8) is 0 Å². The molecule has 0 amide bonds. The van der Waals surface area contributed by atoms with Crippen molar-refractivity contribution in [1.29, 1.82) is 0 Å².